The number of hydrogen-bond acceptors (Lipinski definition) is 5. The molecule has 0 aliphatic carbocycles. The van der Waals surface area contributed by atoms with Gasteiger partial charge in [0.1, 0.15) is 5.60 Å². The van der Waals surface area contributed by atoms with E-state index in [9.17, 15) is 4.79 Å². The van der Waals surface area contributed by atoms with E-state index in [-0.39, 0.29) is 11.9 Å². The van der Waals surface area contributed by atoms with Crippen molar-refractivity contribution in [1.29, 1.82) is 0 Å². The summed E-state index contributed by atoms with van der Waals surface area (Å²) in [6.45, 7) is 17.7. The van der Waals surface area contributed by atoms with Gasteiger partial charge in [0.05, 0.1) is 20.3 Å². The number of halogens is 1. The SMILES string of the molecule is CC[Si](CC)(CC)OC(/C=C\I)[C@@](C)(/C=C/C=C/C=C(C)/C=C(\OC)C(=O)OC)O[Si](CC)(CC)CC. The zero-order valence-electron chi connectivity index (χ0n) is 24.9. The summed E-state index contributed by atoms with van der Waals surface area (Å²) in [7, 11) is -1.01. The van der Waals surface area contributed by atoms with Crippen molar-refractivity contribution in [2.45, 2.75) is 103 Å². The Bertz CT molecular complexity index is 810. The smallest absolute Gasteiger partial charge is 0.373 e. The molecule has 0 radical (unpaired) electrons. The first-order valence-corrected chi connectivity index (χ1v) is 19.9. The van der Waals surface area contributed by atoms with Crippen molar-refractivity contribution < 1.29 is 23.1 Å². The molecule has 0 bridgehead atoms. The number of esters is 1. The Morgan fingerprint density at radius 3 is 1.84 bits per heavy atom. The standard InChI is InChI=1S/C29H51IO5Si2/c1-11-36(12-2,13-3)34-27(21-23-30)29(8,35-37(14-4,15-5)16-6)22-19-17-18-20-25(7)24-26(32-9)28(31)33-10/h17-24,27H,11-16H2,1-10H3/b18-17+,22-19+,23-21-,25-20+,26-24-/t27?,29-/m1/s1. The molecular weight excluding hydrogens is 611 g/mol. The maximum atomic E-state index is 11.7. The van der Waals surface area contributed by atoms with Crippen LogP contribution in [-0.4, -0.2) is 48.5 Å². The number of carbonyl (C=O) groups is 1. The largest absolute Gasteiger partial charge is 0.490 e. The highest BCUT2D eigenvalue weighted by molar-refractivity contribution is 14.1. The molecule has 0 aromatic rings. The van der Waals surface area contributed by atoms with Crippen LogP contribution in [0.15, 0.2) is 57.9 Å². The molecule has 0 heterocycles. The van der Waals surface area contributed by atoms with Gasteiger partial charge in [-0.1, -0.05) is 94.5 Å². The molecule has 0 aromatic carbocycles. The molecule has 37 heavy (non-hydrogen) atoms. The molecule has 0 aromatic heterocycles. The number of ether oxygens (including phenoxy) is 2. The van der Waals surface area contributed by atoms with Crippen LogP contribution in [0.1, 0.15) is 55.4 Å². The van der Waals surface area contributed by atoms with Crippen molar-refractivity contribution in [3.63, 3.8) is 0 Å². The highest BCUT2D eigenvalue weighted by Crippen LogP contribution is 2.36. The van der Waals surface area contributed by atoms with E-state index in [0.29, 0.717) is 0 Å². The summed E-state index contributed by atoms with van der Waals surface area (Å²) >= 11 is 2.29. The molecule has 0 spiro atoms. The average Bonchev–Trinajstić information content (AvgIpc) is 2.92. The molecule has 5 nitrogen and oxygen atoms in total. The lowest BCUT2D eigenvalue weighted by Crippen LogP contribution is -2.54. The van der Waals surface area contributed by atoms with Crippen LogP contribution in [0.3, 0.4) is 0 Å². The molecule has 0 saturated carbocycles. The molecule has 0 N–H and O–H groups in total. The predicted octanol–water partition coefficient (Wildman–Crippen LogP) is 8.87. The van der Waals surface area contributed by atoms with Gasteiger partial charge in [-0.25, -0.2) is 4.79 Å². The summed E-state index contributed by atoms with van der Waals surface area (Å²) in [6.07, 6.45) is 13.8. The van der Waals surface area contributed by atoms with Gasteiger partial charge in [-0.3, -0.25) is 0 Å². The van der Waals surface area contributed by atoms with Crippen molar-refractivity contribution >= 4 is 45.2 Å². The predicted molar refractivity (Wildman–Crippen MR) is 171 cm³/mol. The summed E-state index contributed by atoms with van der Waals surface area (Å²) < 4.78 is 26.1. The van der Waals surface area contributed by atoms with Gasteiger partial charge < -0.3 is 18.3 Å². The van der Waals surface area contributed by atoms with Gasteiger partial charge in [0, 0.05) is 0 Å². The first-order chi connectivity index (χ1) is 17.5. The average molecular weight is 663 g/mol. The summed E-state index contributed by atoms with van der Waals surface area (Å²) in [6, 6.07) is 6.51. The van der Waals surface area contributed by atoms with Crippen molar-refractivity contribution in [2.24, 2.45) is 0 Å². The van der Waals surface area contributed by atoms with Crippen LogP contribution >= 0.6 is 22.6 Å². The molecular formula is C29H51IO5Si2. The summed E-state index contributed by atoms with van der Waals surface area (Å²) in [5.41, 5.74) is 0.295. The quantitative estimate of drug-likeness (QED) is 0.0367. The zero-order valence-corrected chi connectivity index (χ0v) is 29.0. The Balaban J connectivity index is 6.32. The highest BCUT2D eigenvalue weighted by Gasteiger charge is 2.44. The molecule has 1 unspecified atom stereocenters. The lowest BCUT2D eigenvalue weighted by molar-refractivity contribution is -0.139. The van der Waals surface area contributed by atoms with Gasteiger partial charge >= 0.3 is 5.97 Å². The summed E-state index contributed by atoms with van der Waals surface area (Å²) in [5, 5.41) is 0. The number of rotatable bonds is 18. The van der Waals surface area contributed by atoms with Crippen molar-refractivity contribution in [2.75, 3.05) is 14.2 Å². The molecule has 0 rings (SSSR count). The molecule has 0 fully saturated rings. The van der Waals surface area contributed by atoms with E-state index in [0.717, 1.165) is 41.8 Å². The number of carbonyl (C=O) groups excluding carboxylic acids is 1. The Morgan fingerprint density at radius 2 is 1.41 bits per heavy atom. The Hall–Kier alpha value is -0.946. The lowest BCUT2D eigenvalue weighted by Gasteiger charge is -2.45. The Kier molecular flexibility index (Phi) is 17.9. The fourth-order valence-electron chi connectivity index (χ4n) is 4.38. The minimum Gasteiger partial charge on any atom is -0.490 e. The molecule has 0 aliphatic rings. The van der Waals surface area contributed by atoms with Crippen LogP contribution < -0.4 is 0 Å². The van der Waals surface area contributed by atoms with Crippen molar-refractivity contribution in [3.8, 4) is 0 Å². The Labute approximate surface area is 242 Å². The number of allylic oxidation sites excluding steroid dienone is 6. The molecule has 0 amide bonds. The first-order valence-electron chi connectivity index (χ1n) is 13.6. The second-order valence-corrected chi connectivity index (χ2v) is 19.6. The zero-order chi connectivity index (χ0) is 28.5. The maximum Gasteiger partial charge on any atom is 0.373 e. The van der Waals surface area contributed by atoms with Crippen LogP contribution in [0.25, 0.3) is 0 Å². The highest BCUT2D eigenvalue weighted by atomic mass is 127. The van der Waals surface area contributed by atoms with E-state index >= 15 is 0 Å². The third-order valence-electron chi connectivity index (χ3n) is 7.47. The molecule has 2 atom stereocenters. The van der Waals surface area contributed by atoms with E-state index in [2.05, 4.69) is 93.4 Å². The normalized spacial score (nSPS) is 16.5. The van der Waals surface area contributed by atoms with Gasteiger partial charge in [-0.15, -0.1) is 0 Å². The van der Waals surface area contributed by atoms with E-state index in [1.54, 1.807) is 6.08 Å². The van der Waals surface area contributed by atoms with Crippen LogP contribution in [0.2, 0.25) is 36.3 Å². The third kappa shape index (κ3) is 11.4. The van der Waals surface area contributed by atoms with Crippen molar-refractivity contribution in [1.82, 2.24) is 0 Å². The minimum atomic E-state index is -1.93. The molecule has 8 heteroatoms. The van der Waals surface area contributed by atoms with Crippen LogP contribution in [-0.2, 0) is 23.1 Å². The summed E-state index contributed by atoms with van der Waals surface area (Å²) in [5.74, 6) is -0.329. The summed E-state index contributed by atoms with van der Waals surface area (Å²) in [4.78, 5) is 11.7. The fraction of sp³-hybridized carbons (Fsp3) is 0.621. The van der Waals surface area contributed by atoms with Gasteiger partial charge in [0.2, 0.25) is 5.76 Å². The van der Waals surface area contributed by atoms with E-state index in [4.69, 9.17) is 18.3 Å². The van der Waals surface area contributed by atoms with Gasteiger partial charge in [0.25, 0.3) is 0 Å². The van der Waals surface area contributed by atoms with Crippen LogP contribution in [0.5, 0.6) is 0 Å². The minimum absolute atomic E-state index is 0.151. The number of methoxy groups -OCH3 is 2. The van der Waals surface area contributed by atoms with Gasteiger partial charge in [0.15, 0.2) is 16.6 Å². The Morgan fingerprint density at radius 1 is 0.865 bits per heavy atom. The van der Waals surface area contributed by atoms with E-state index in [1.807, 2.05) is 25.2 Å². The van der Waals surface area contributed by atoms with Crippen molar-refractivity contribution in [3.05, 3.63) is 57.9 Å². The second-order valence-electron chi connectivity index (χ2n) is 9.49. The third-order valence-corrected chi connectivity index (χ3v) is 17.2. The van der Waals surface area contributed by atoms with Crippen LogP contribution in [0, 0.1) is 0 Å². The van der Waals surface area contributed by atoms with E-state index in [1.165, 1.54) is 14.2 Å². The molecule has 212 valence electrons. The maximum absolute atomic E-state index is 11.7. The second kappa shape index (κ2) is 18.4. The topological polar surface area (TPSA) is 54.0 Å². The van der Waals surface area contributed by atoms with Gasteiger partial charge in [-0.2, -0.15) is 0 Å². The monoisotopic (exact) mass is 662 g/mol. The number of hydrogen-bond donors (Lipinski definition) is 0. The van der Waals surface area contributed by atoms with E-state index < -0.39 is 28.2 Å². The molecule has 0 aliphatic heterocycles. The van der Waals surface area contributed by atoms with Crippen LogP contribution in [0.4, 0.5) is 0 Å². The fourth-order valence-corrected chi connectivity index (χ4v) is 10.7. The lowest BCUT2D eigenvalue weighted by atomic mass is 9.98. The van der Waals surface area contributed by atoms with Gasteiger partial charge in [-0.05, 0) is 71.9 Å². The first kappa shape index (κ1) is 36.1. The molecule has 0 saturated heterocycles.